The Hall–Kier alpha value is -1.09. The number of ether oxygens (including phenoxy) is 1. The van der Waals surface area contributed by atoms with E-state index in [1.165, 1.54) is 12.8 Å². The van der Waals surface area contributed by atoms with Crippen LogP contribution in [0.1, 0.15) is 30.9 Å². The molecule has 1 aliphatic rings. The lowest BCUT2D eigenvalue weighted by molar-refractivity contribution is 0.295. The van der Waals surface area contributed by atoms with E-state index < -0.39 is 0 Å². The number of hydrogen-bond donors (Lipinski definition) is 1. The molecule has 0 heterocycles. The first-order valence-electron chi connectivity index (χ1n) is 6.23. The smallest absolute Gasteiger partial charge is 0.126 e. The summed E-state index contributed by atoms with van der Waals surface area (Å²) in [6.45, 7) is 4.43. The summed E-state index contributed by atoms with van der Waals surface area (Å²) in [5, 5.41) is 0. The highest BCUT2D eigenvalue weighted by Gasteiger charge is 2.22. The van der Waals surface area contributed by atoms with Crippen LogP contribution in [0.15, 0.2) is 12.1 Å². The van der Waals surface area contributed by atoms with Gasteiger partial charge in [0, 0.05) is 6.04 Å². The third-order valence-corrected chi connectivity index (χ3v) is 3.06. The summed E-state index contributed by atoms with van der Waals surface area (Å²) in [5.41, 5.74) is 7.28. The second-order valence-electron chi connectivity index (χ2n) is 5.14. The molecule has 1 aromatic rings. The SMILES string of the molecule is Cc1cc(OCC2CC2)c(CC(C)N)cc1F. The summed E-state index contributed by atoms with van der Waals surface area (Å²) in [7, 11) is 0. The van der Waals surface area contributed by atoms with E-state index in [0.717, 1.165) is 17.9 Å². The molecule has 1 aliphatic carbocycles. The molecule has 0 bridgehead atoms. The molecule has 2 nitrogen and oxygen atoms in total. The molecule has 1 fully saturated rings. The van der Waals surface area contributed by atoms with E-state index in [1.54, 1.807) is 19.1 Å². The van der Waals surface area contributed by atoms with Crippen molar-refractivity contribution in [2.75, 3.05) is 6.61 Å². The van der Waals surface area contributed by atoms with Gasteiger partial charge in [-0.1, -0.05) is 0 Å². The molecule has 0 radical (unpaired) electrons. The van der Waals surface area contributed by atoms with Crippen LogP contribution in [0, 0.1) is 18.7 Å². The number of benzene rings is 1. The van der Waals surface area contributed by atoms with Gasteiger partial charge in [-0.25, -0.2) is 4.39 Å². The summed E-state index contributed by atoms with van der Waals surface area (Å²) in [6, 6.07) is 3.36. The molecule has 0 amide bonds. The molecule has 3 heteroatoms. The van der Waals surface area contributed by atoms with Crippen LogP contribution in [0.25, 0.3) is 0 Å². The third kappa shape index (κ3) is 3.43. The van der Waals surface area contributed by atoms with Crippen LogP contribution in [0.5, 0.6) is 5.75 Å². The van der Waals surface area contributed by atoms with Crippen molar-refractivity contribution in [3.8, 4) is 5.75 Å². The Morgan fingerprint density at radius 2 is 2.18 bits per heavy atom. The summed E-state index contributed by atoms with van der Waals surface area (Å²) in [6.07, 6.45) is 3.16. The van der Waals surface area contributed by atoms with Crippen molar-refractivity contribution in [3.05, 3.63) is 29.1 Å². The van der Waals surface area contributed by atoms with Crippen LogP contribution >= 0.6 is 0 Å². The summed E-state index contributed by atoms with van der Waals surface area (Å²) in [5.74, 6) is 1.32. The number of rotatable bonds is 5. The van der Waals surface area contributed by atoms with E-state index in [-0.39, 0.29) is 11.9 Å². The summed E-state index contributed by atoms with van der Waals surface area (Å²) < 4.78 is 19.3. The van der Waals surface area contributed by atoms with Gasteiger partial charge < -0.3 is 10.5 Å². The van der Waals surface area contributed by atoms with Crippen molar-refractivity contribution in [2.24, 2.45) is 11.7 Å². The first kappa shape index (κ1) is 12.4. The quantitative estimate of drug-likeness (QED) is 0.854. The maximum Gasteiger partial charge on any atom is 0.126 e. The minimum atomic E-state index is -0.181. The fraction of sp³-hybridized carbons (Fsp3) is 0.571. The molecule has 1 atom stereocenters. The lowest BCUT2D eigenvalue weighted by Crippen LogP contribution is -2.18. The molecule has 2 N–H and O–H groups in total. The van der Waals surface area contributed by atoms with E-state index in [9.17, 15) is 4.39 Å². The van der Waals surface area contributed by atoms with Gasteiger partial charge in [0.05, 0.1) is 6.61 Å². The highest BCUT2D eigenvalue weighted by atomic mass is 19.1. The predicted octanol–water partition coefficient (Wildman–Crippen LogP) is 2.81. The third-order valence-electron chi connectivity index (χ3n) is 3.06. The van der Waals surface area contributed by atoms with E-state index in [2.05, 4.69) is 0 Å². The Morgan fingerprint density at radius 1 is 1.47 bits per heavy atom. The van der Waals surface area contributed by atoms with Crippen molar-refractivity contribution in [2.45, 2.75) is 39.2 Å². The van der Waals surface area contributed by atoms with Gasteiger partial charge in [-0.05, 0) is 62.3 Å². The Morgan fingerprint density at radius 3 is 2.76 bits per heavy atom. The van der Waals surface area contributed by atoms with E-state index in [1.807, 2.05) is 6.92 Å². The van der Waals surface area contributed by atoms with Gasteiger partial charge in [-0.15, -0.1) is 0 Å². The van der Waals surface area contributed by atoms with Crippen LogP contribution in [0.4, 0.5) is 4.39 Å². The van der Waals surface area contributed by atoms with Crippen LogP contribution in [0.3, 0.4) is 0 Å². The molecular formula is C14H20FNO. The van der Waals surface area contributed by atoms with Gasteiger partial charge in [0.1, 0.15) is 11.6 Å². The van der Waals surface area contributed by atoms with Gasteiger partial charge in [-0.3, -0.25) is 0 Å². The second kappa shape index (κ2) is 5.05. The Labute approximate surface area is 102 Å². The molecule has 0 aromatic heterocycles. The lowest BCUT2D eigenvalue weighted by atomic mass is 10.0. The van der Waals surface area contributed by atoms with Gasteiger partial charge in [0.15, 0.2) is 0 Å². The molecule has 0 aliphatic heterocycles. The van der Waals surface area contributed by atoms with Gasteiger partial charge in [0.2, 0.25) is 0 Å². The first-order valence-corrected chi connectivity index (χ1v) is 6.23. The molecule has 1 aromatic carbocycles. The van der Waals surface area contributed by atoms with Gasteiger partial charge >= 0.3 is 0 Å². The number of aryl methyl sites for hydroxylation is 1. The molecule has 94 valence electrons. The Balaban J connectivity index is 2.15. The monoisotopic (exact) mass is 237 g/mol. The molecule has 2 rings (SSSR count). The van der Waals surface area contributed by atoms with Crippen molar-refractivity contribution >= 4 is 0 Å². The van der Waals surface area contributed by atoms with Crippen LogP contribution in [-0.4, -0.2) is 12.6 Å². The number of halogens is 1. The normalized spacial score (nSPS) is 16.9. The largest absolute Gasteiger partial charge is 0.493 e. The van der Waals surface area contributed by atoms with Crippen molar-refractivity contribution in [1.82, 2.24) is 0 Å². The lowest BCUT2D eigenvalue weighted by Gasteiger charge is -2.14. The molecule has 0 saturated heterocycles. The zero-order chi connectivity index (χ0) is 12.4. The van der Waals surface area contributed by atoms with E-state index >= 15 is 0 Å². The van der Waals surface area contributed by atoms with Gasteiger partial charge in [-0.2, -0.15) is 0 Å². The first-order chi connectivity index (χ1) is 8.06. The minimum Gasteiger partial charge on any atom is -0.493 e. The van der Waals surface area contributed by atoms with E-state index in [0.29, 0.717) is 17.9 Å². The maximum atomic E-state index is 13.5. The fourth-order valence-corrected chi connectivity index (χ4v) is 1.83. The number of nitrogens with two attached hydrogens (primary N) is 1. The van der Waals surface area contributed by atoms with Crippen molar-refractivity contribution in [1.29, 1.82) is 0 Å². The topological polar surface area (TPSA) is 35.2 Å². The van der Waals surface area contributed by atoms with Crippen molar-refractivity contribution in [3.63, 3.8) is 0 Å². The summed E-state index contributed by atoms with van der Waals surface area (Å²) >= 11 is 0. The highest BCUT2D eigenvalue weighted by Crippen LogP contribution is 2.31. The second-order valence-corrected chi connectivity index (χ2v) is 5.14. The minimum absolute atomic E-state index is 0.0142. The van der Waals surface area contributed by atoms with Crippen LogP contribution in [-0.2, 0) is 6.42 Å². The maximum absolute atomic E-state index is 13.5. The average molecular weight is 237 g/mol. The molecule has 1 unspecified atom stereocenters. The summed E-state index contributed by atoms with van der Waals surface area (Å²) in [4.78, 5) is 0. The zero-order valence-electron chi connectivity index (χ0n) is 10.5. The molecule has 1 saturated carbocycles. The van der Waals surface area contributed by atoms with E-state index in [4.69, 9.17) is 10.5 Å². The Kier molecular flexibility index (Phi) is 3.67. The zero-order valence-corrected chi connectivity index (χ0v) is 10.5. The van der Waals surface area contributed by atoms with Crippen LogP contribution in [0.2, 0.25) is 0 Å². The molecule has 0 spiro atoms. The molecule has 17 heavy (non-hydrogen) atoms. The number of hydrogen-bond acceptors (Lipinski definition) is 2. The highest BCUT2D eigenvalue weighted by molar-refractivity contribution is 5.38. The standard InChI is InChI=1S/C14H20FNO/c1-9-5-14(17-8-11-3-4-11)12(6-10(2)16)7-13(9)15/h5,7,10-11H,3-4,6,8,16H2,1-2H3. The van der Waals surface area contributed by atoms with Crippen LogP contribution < -0.4 is 10.5 Å². The van der Waals surface area contributed by atoms with Crippen molar-refractivity contribution < 1.29 is 9.13 Å². The molecular weight excluding hydrogens is 217 g/mol. The Bertz CT molecular complexity index is 399. The fourth-order valence-electron chi connectivity index (χ4n) is 1.83. The predicted molar refractivity (Wildman–Crippen MR) is 66.7 cm³/mol. The van der Waals surface area contributed by atoms with Gasteiger partial charge in [0.25, 0.3) is 0 Å². The average Bonchev–Trinajstić information content (AvgIpc) is 3.04.